The molecule has 2 N–H and O–H groups in total. The molecule has 1 atom stereocenters. The average Bonchev–Trinajstić information content (AvgIpc) is 2.95. The number of amides is 1. The number of nitrogens with one attached hydrogen (secondary N) is 1. The van der Waals surface area contributed by atoms with Crippen molar-refractivity contribution in [2.75, 3.05) is 12.4 Å². The van der Waals surface area contributed by atoms with E-state index in [2.05, 4.69) is 11.4 Å². The molecule has 1 aliphatic rings. The normalized spacial score (nSPS) is 16.3. The highest BCUT2D eigenvalue weighted by atomic mass is 32.1. The van der Waals surface area contributed by atoms with Crippen LogP contribution in [0.5, 0.6) is 5.75 Å². The smallest absolute Gasteiger partial charge is 0.249 e. The first-order valence-electron chi connectivity index (χ1n) is 7.97. The van der Waals surface area contributed by atoms with Gasteiger partial charge in [-0.25, -0.2) is 0 Å². The molecule has 0 radical (unpaired) electrons. The molecular weight excluding hydrogens is 336 g/mol. The van der Waals surface area contributed by atoms with E-state index in [-0.39, 0.29) is 12.0 Å². The maximum absolute atomic E-state index is 12.2. The van der Waals surface area contributed by atoms with Crippen LogP contribution in [0.15, 0.2) is 30.3 Å². The molecule has 0 bridgehead atoms. The van der Waals surface area contributed by atoms with Crippen molar-refractivity contribution >= 4 is 28.3 Å². The van der Waals surface area contributed by atoms with Crippen LogP contribution in [0.4, 0.5) is 5.00 Å². The zero-order chi connectivity index (χ0) is 17.8. The van der Waals surface area contributed by atoms with E-state index in [0.29, 0.717) is 35.6 Å². The topological polar surface area (TPSA) is 82.3 Å². The monoisotopic (exact) mass is 354 g/mol. The Labute approximate surface area is 150 Å². The second-order valence-electron chi connectivity index (χ2n) is 5.78. The van der Waals surface area contributed by atoms with E-state index in [9.17, 15) is 15.2 Å². The number of carbonyl (C=O) groups is 1. The van der Waals surface area contributed by atoms with Crippen LogP contribution >= 0.6 is 11.3 Å². The van der Waals surface area contributed by atoms with Gasteiger partial charge in [-0.15, -0.1) is 11.3 Å². The molecule has 1 aliphatic carbocycles. The van der Waals surface area contributed by atoms with Crippen molar-refractivity contribution in [1.82, 2.24) is 0 Å². The SMILES string of the molecule is COc1ccccc1/C=C/C(=O)Nc1sc2c(c1C#N)CCC(O)C2. The molecule has 1 amide bonds. The van der Waals surface area contributed by atoms with Gasteiger partial charge in [0.25, 0.3) is 0 Å². The van der Waals surface area contributed by atoms with Crippen LogP contribution in [0.25, 0.3) is 6.08 Å². The van der Waals surface area contributed by atoms with Crippen molar-refractivity contribution in [2.24, 2.45) is 0 Å². The fourth-order valence-corrected chi connectivity index (χ4v) is 4.17. The van der Waals surface area contributed by atoms with Gasteiger partial charge in [0.15, 0.2) is 0 Å². The highest BCUT2D eigenvalue weighted by Crippen LogP contribution is 2.37. The minimum atomic E-state index is -0.369. The van der Waals surface area contributed by atoms with E-state index >= 15 is 0 Å². The van der Waals surface area contributed by atoms with E-state index in [1.165, 1.54) is 17.4 Å². The summed E-state index contributed by atoms with van der Waals surface area (Å²) in [5, 5.41) is 22.6. The number of aliphatic hydroxyl groups excluding tert-OH is 1. The van der Waals surface area contributed by atoms with Gasteiger partial charge in [-0.05, 0) is 30.5 Å². The lowest BCUT2D eigenvalue weighted by Crippen LogP contribution is -2.17. The van der Waals surface area contributed by atoms with Gasteiger partial charge in [0.05, 0.1) is 18.8 Å². The first kappa shape index (κ1) is 17.2. The zero-order valence-corrected chi connectivity index (χ0v) is 14.6. The number of methoxy groups -OCH3 is 1. The summed E-state index contributed by atoms with van der Waals surface area (Å²) < 4.78 is 5.25. The minimum Gasteiger partial charge on any atom is -0.496 e. The van der Waals surface area contributed by atoms with Crippen LogP contribution in [0.1, 0.15) is 28.0 Å². The Kier molecular flexibility index (Phi) is 5.17. The molecule has 1 heterocycles. The van der Waals surface area contributed by atoms with Gasteiger partial charge < -0.3 is 15.2 Å². The summed E-state index contributed by atoms with van der Waals surface area (Å²) in [6, 6.07) is 9.59. The highest BCUT2D eigenvalue weighted by molar-refractivity contribution is 7.16. The second-order valence-corrected chi connectivity index (χ2v) is 6.89. The van der Waals surface area contributed by atoms with Gasteiger partial charge in [-0.3, -0.25) is 4.79 Å². The number of nitrogens with zero attached hydrogens (tertiary/aromatic N) is 1. The molecule has 0 aliphatic heterocycles. The Bertz CT molecular complexity index is 864. The third-order valence-corrected chi connectivity index (χ3v) is 5.31. The molecule has 25 heavy (non-hydrogen) atoms. The molecule has 2 aromatic rings. The van der Waals surface area contributed by atoms with Crippen LogP contribution < -0.4 is 10.1 Å². The third-order valence-electron chi connectivity index (χ3n) is 4.14. The summed E-state index contributed by atoms with van der Waals surface area (Å²) in [5.41, 5.74) is 2.28. The number of para-hydroxylation sites is 1. The largest absolute Gasteiger partial charge is 0.496 e. The number of benzene rings is 1. The lowest BCUT2D eigenvalue weighted by molar-refractivity contribution is -0.111. The predicted molar refractivity (Wildman–Crippen MR) is 97.7 cm³/mol. The second kappa shape index (κ2) is 7.51. The van der Waals surface area contributed by atoms with E-state index in [4.69, 9.17) is 4.74 Å². The van der Waals surface area contributed by atoms with Crippen molar-refractivity contribution in [1.29, 1.82) is 5.26 Å². The molecule has 128 valence electrons. The average molecular weight is 354 g/mol. The maximum atomic E-state index is 12.2. The van der Waals surface area contributed by atoms with E-state index in [1.54, 1.807) is 13.2 Å². The number of rotatable bonds is 4. The number of thiophene rings is 1. The van der Waals surface area contributed by atoms with Gasteiger partial charge >= 0.3 is 0 Å². The standard InChI is InChI=1S/C19H18N2O3S/c1-24-16-5-3-2-4-12(16)6-9-18(23)21-19-15(11-20)14-8-7-13(22)10-17(14)25-19/h2-6,9,13,22H,7-8,10H2,1H3,(H,21,23)/b9-6+. The van der Waals surface area contributed by atoms with Crippen molar-refractivity contribution in [2.45, 2.75) is 25.4 Å². The molecule has 3 rings (SSSR count). The first-order chi connectivity index (χ1) is 12.1. The zero-order valence-electron chi connectivity index (χ0n) is 13.8. The number of anilines is 1. The Balaban J connectivity index is 1.78. The van der Waals surface area contributed by atoms with Gasteiger partial charge in [0.2, 0.25) is 5.91 Å². The summed E-state index contributed by atoms with van der Waals surface area (Å²) >= 11 is 1.37. The van der Waals surface area contributed by atoms with Gasteiger partial charge in [-0.1, -0.05) is 18.2 Å². The number of hydrogen-bond donors (Lipinski definition) is 2. The molecule has 6 heteroatoms. The summed E-state index contributed by atoms with van der Waals surface area (Å²) in [6.45, 7) is 0. The maximum Gasteiger partial charge on any atom is 0.249 e. The van der Waals surface area contributed by atoms with Crippen LogP contribution in [0, 0.1) is 11.3 Å². The number of aliphatic hydroxyl groups is 1. The Morgan fingerprint density at radius 2 is 2.28 bits per heavy atom. The van der Waals surface area contributed by atoms with Gasteiger partial charge in [-0.2, -0.15) is 5.26 Å². The molecule has 0 spiro atoms. The number of hydrogen-bond acceptors (Lipinski definition) is 5. The van der Waals surface area contributed by atoms with Crippen molar-refractivity contribution in [3.05, 3.63) is 51.9 Å². The minimum absolute atomic E-state index is 0.304. The third kappa shape index (κ3) is 3.73. The summed E-state index contributed by atoms with van der Waals surface area (Å²) in [5.74, 6) is 0.381. The molecule has 5 nitrogen and oxygen atoms in total. The number of nitriles is 1. The number of carbonyl (C=O) groups excluding carboxylic acids is 1. The lowest BCUT2D eigenvalue weighted by atomic mass is 9.94. The van der Waals surface area contributed by atoms with E-state index < -0.39 is 0 Å². The van der Waals surface area contributed by atoms with E-state index in [0.717, 1.165) is 16.0 Å². The van der Waals surface area contributed by atoms with Gasteiger partial charge in [0, 0.05) is 22.9 Å². The molecule has 1 unspecified atom stereocenters. The summed E-state index contributed by atoms with van der Waals surface area (Å²) in [7, 11) is 1.58. The Morgan fingerprint density at radius 3 is 3.04 bits per heavy atom. The molecule has 1 aromatic heterocycles. The van der Waals surface area contributed by atoms with Crippen LogP contribution in [0.2, 0.25) is 0 Å². The van der Waals surface area contributed by atoms with Gasteiger partial charge in [0.1, 0.15) is 16.8 Å². The molecule has 0 saturated carbocycles. The van der Waals surface area contributed by atoms with Crippen LogP contribution in [0.3, 0.4) is 0 Å². The quantitative estimate of drug-likeness (QED) is 0.827. The predicted octanol–water partition coefficient (Wildman–Crippen LogP) is 3.13. The molecule has 0 fully saturated rings. The summed E-state index contributed by atoms with van der Waals surface area (Å²) in [6.07, 6.45) is 4.60. The van der Waals surface area contributed by atoms with Crippen molar-refractivity contribution in [3.63, 3.8) is 0 Å². The number of fused-ring (bicyclic) bond motifs is 1. The van der Waals surface area contributed by atoms with Crippen LogP contribution in [-0.4, -0.2) is 24.2 Å². The Hall–Kier alpha value is -2.62. The van der Waals surface area contributed by atoms with E-state index in [1.807, 2.05) is 24.3 Å². The lowest BCUT2D eigenvalue weighted by Gasteiger charge is -2.16. The van der Waals surface area contributed by atoms with Crippen molar-refractivity contribution < 1.29 is 14.6 Å². The van der Waals surface area contributed by atoms with Crippen LogP contribution in [-0.2, 0) is 17.6 Å². The molecule has 0 saturated heterocycles. The fourth-order valence-electron chi connectivity index (χ4n) is 2.90. The molecule has 1 aromatic carbocycles. The summed E-state index contributed by atoms with van der Waals surface area (Å²) in [4.78, 5) is 13.2. The molecular formula is C19H18N2O3S. The first-order valence-corrected chi connectivity index (χ1v) is 8.78. The Morgan fingerprint density at radius 1 is 1.48 bits per heavy atom. The highest BCUT2D eigenvalue weighted by Gasteiger charge is 2.25. The number of ether oxygens (including phenoxy) is 1. The fraction of sp³-hybridized carbons (Fsp3) is 0.263. The van der Waals surface area contributed by atoms with Crippen molar-refractivity contribution in [3.8, 4) is 11.8 Å².